The Morgan fingerprint density at radius 1 is 1.11 bits per heavy atom. The monoisotopic (exact) mass is 277 g/mol. The molecule has 0 unspecified atom stereocenters. The molecular formula is C15H16ClNO2. The molecule has 0 fully saturated rings. The summed E-state index contributed by atoms with van der Waals surface area (Å²) in [7, 11) is 3.23. The fourth-order valence-electron chi connectivity index (χ4n) is 2.01. The summed E-state index contributed by atoms with van der Waals surface area (Å²) >= 11 is 6.04. The maximum atomic E-state index is 6.04. The van der Waals surface area contributed by atoms with E-state index in [9.17, 15) is 0 Å². The molecular weight excluding hydrogens is 262 g/mol. The van der Waals surface area contributed by atoms with E-state index in [-0.39, 0.29) is 0 Å². The number of nitrogens with two attached hydrogens (primary N) is 1. The Morgan fingerprint density at radius 2 is 1.89 bits per heavy atom. The van der Waals surface area contributed by atoms with Crippen molar-refractivity contribution in [2.45, 2.75) is 6.54 Å². The van der Waals surface area contributed by atoms with Crippen molar-refractivity contribution in [2.24, 2.45) is 5.73 Å². The van der Waals surface area contributed by atoms with E-state index in [2.05, 4.69) is 0 Å². The Labute approximate surface area is 117 Å². The van der Waals surface area contributed by atoms with E-state index in [1.54, 1.807) is 14.2 Å². The summed E-state index contributed by atoms with van der Waals surface area (Å²) < 4.78 is 10.8. The predicted molar refractivity (Wildman–Crippen MR) is 77.9 cm³/mol. The van der Waals surface area contributed by atoms with Gasteiger partial charge in [-0.05, 0) is 35.4 Å². The van der Waals surface area contributed by atoms with Gasteiger partial charge in [-0.2, -0.15) is 0 Å². The van der Waals surface area contributed by atoms with Gasteiger partial charge < -0.3 is 15.2 Å². The number of rotatable bonds is 4. The molecule has 0 saturated heterocycles. The Morgan fingerprint density at radius 3 is 2.47 bits per heavy atom. The van der Waals surface area contributed by atoms with Crippen LogP contribution in [0, 0.1) is 0 Å². The molecule has 0 radical (unpaired) electrons. The van der Waals surface area contributed by atoms with E-state index in [1.807, 2.05) is 36.4 Å². The second kappa shape index (κ2) is 5.95. The SMILES string of the molecule is COc1cc(CN)cc(-c2cccc(Cl)c2)c1OC. The quantitative estimate of drug-likeness (QED) is 0.930. The summed E-state index contributed by atoms with van der Waals surface area (Å²) in [5.74, 6) is 1.35. The van der Waals surface area contributed by atoms with E-state index in [1.165, 1.54) is 0 Å². The van der Waals surface area contributed by atoms with Gasteiger partial charge in [0.25, 0.3) is 0 Å². The fraction of sp³-hybridized carbons (Fsp3) is 0.200. The highest BCUT2D eigenvalue weighted by molar-refractivity contribution is 6.30. The predicted octanol–water partition coefficient (Wildman–Crippen LogP) is 3.48. The second-order valence-corrected chi connectivity index (χ2v) is 4.53. The topological polar surface area (TPSA) is 44.5 Å². The molecule has 2 aromatic rings. The number of methoxy groups -OCH3 is 2. The molecule has 2 rings (SSSR count). The van der Waals surface area contributed by atoms with Gasteiger partial charge >= 0.3 is 0 Å². The largest absolute Gasteiger partial charge is 0.493 e. The minimum absolute atomic E-state index is 0.438. The van der Waals surface area contributed by atoms with Crippen LogP contribution >= 0.6 is 11.6 Å². The van der Waals surface area contributed by atoms with Crippen molar-refractivity contribution in [2.75, 3.05) is 14.2 Å². The zero-order valence-electron chi connectivity index (χ0n) is 10.9. The summed E-state index contributed by atoms with van der Waals surface area (Å²) in [6.07, 6.45) is 0. The van der Waals surface area contributed by atoms with Crippen LogP contribution < -0.4 is 15.2 Å². The highest BCUT2D eigenvalue weighted by Gasteiger charge is 2.13. The van der Waals surface area contributed by atoms with Crippen molar-refractivity contribution in [3.63, 3.8) is 0 Å². The van der Waals surface area contributed by atoms with Crippen molar-refractivity contribution in [1.29, 1.82) is 0 Å². The third kappa shape index (κ3) is 2.83. The van der Waals surface area contributed by atoms with Crippen LogP contribution in [0.2, 0.25) is 5.02 Å². The van der Waals surface area contributed by atoms with Crippen LogP contribution in [-0.4, -0.2) is 14.2 Å². The lowest BCUT2D eigenvalue weighted by Gasteiger charge is -2.15. The third-order valence-corrected chi connectivity index (χ3v) is 3.15. The average Bonchev–Trinajstić information content (AvgIpc) is 2.45. The minimum atomic E-state index is 0.438. The lowest BCUT2D eigenvalue weighted by molar-refractivity contribution is 0.355. The molecule has 0 atom stereocenters. The molecule has 0 bridgehead atoms. The maximum absolute atomic E-state index is 6.04. The molecule has 0 aliphatic rings. The van der Waals surface area contributed by atoms with Crippen molar-refractivity contribution < 1.29 is 9.47 Å². The van der Waals surface area contributed by atoms with Crippen molar-refractivity contribution >= 4 is 11.6 Å². The molecule has 0 aliphatic heterocycles. The van der Waals surface area contributed by atoms with Crippen LogP contribution in [0.1, 0.15) is 5.56 Å². The molecule has 0 spiro atoms. The number of hydrogen-bond donors (Lipinski definition) is 1. The Bertz CT molecular complexity index is 584. The summed E-state index contributed by atoms with van der Waals surface area (Å²) in [5.41, 5.74) is 8.59. The van der Waals surface area contributed by atoms with Crippen LogP contribution in [0.4, 0.5) is 0 Å². The lowest BCUT2D eigenvalue weighted by Crippen LogP contribution is -2.00. The van der Waals surface area contributed by atoms with E-state index in [0.717, 1.165) is 16.7 Å². The molecule has 2 aromatic carbocycles. The van der Waals surface area contributed by atoms with E-state index in [0.29, 0.717) is 23.1 Å². The summed E-state index contributed by atoms with van der Waals surface area (Å²) in [4.78, 5) is 0. The van der Waals surface area contributed by atoms with Crippen LogP contribution in [-0.2, 0) is 6.54 Å². The molecule has 100 valence electrons. The molecule has 0 amide bonds. The number of halogens is 1. The highest BCUT2D eigenvalue weighted by Crippen LogP contribution is 2.39. The minimum Gasteiger partial charge on any atom is -0.493 e. The van der Waals surface area contributed by atoms with Gasteiger partial charge in [0.15, 0.2) is 11.5 Å². The van der Waals surface area contributed by atoms with Crippen molar-refractivity contribution in [1.82, 2.24) is 0 Å². The Balaban J connectivity index is 2.66. The third-order valence-electron chi connectivity index (χ3n) is 2.91. The van der Waals surface area contributed by atoms with Gasteiger partial charge in [-0.1, -0.05) is 23.7 Å². The van der Waals surface area contributed by atoms with Crippen LogP contribution in [0.15, 0.2) is 36.4 Å². The van der Waals surface area contributed by atoms with Gasteiger partial charge in [-0.15, -0.1) is 0 Å². The summed E-state index contributed by atoms with van der Waals surface area (Å²) in [5, 5.41) is 0.677. The highest BCUT2D eigenvalue weighted by atomic mass is 35.5. The molecule has 3 nitrogen and oxygen atoms in total. The fourth-order valence-corrected chi connectivity index (χ4v) is 2.20. The van der Waals surface area contributed by atoms with Crippen LogP contribution in [0.5, 0.6) is 11.5 Å². The van der Waals surface area contributed by atoms with Gasteiger partial charge in [0.1, 0.15) is 0 Å². The molecule has 4 heteroatoms. The van der Waals surface area contributed by atoms with Gasteiger partial charge in [0, 0.05) is 17.1 Å². The zero-order valence-corrected chi connectivity index (χ0v) is 11.7. The molecule has 19 heavy (non-hydrogen) atoms. The maximum Gasteiger partial charge on any atom is 0.168 e. The number of benzene rings is 2. The summed E-state index contributed by atoms with van der Waals surface area (Å²) in [6, 6.07) is 11.5. The summed E-state index contributed by atoms with van der Waals surface area (Å²) in [6.45, 7) is 0.438. The van der Waals surface area contributed by atoms with E-state index < -0.39 is 0 Å². The molecule has 2 N–H and O–H groups in total. The van der Waals surface area contributed by atoms with Gasteiger partial charge in [0.2, 0.25) is 0 Å². The van der Waals surface area contributed by atoms with Crippen molar-refractivity contribution in [3.05, 3.63) is 47.0 Å². The van der Waals surface area contributed by atoms with Gasteiger partial charge in [-0.3, -0.25) is 0 Å². The first-order chi connectivity index (χ1) is 9.19. The Hall–Kier alpha value is -1.71. The smallest absolute Gasteiger partial charge is 0.168 e. The first-order valence-corrected chi connectivity index (χ1v) is 6.28. The first-order valence-electron chi connectivity index (χ1n) is 5.90. The number of ether oxygens (including phenoxy) is 2. The van der Waals surface area contributed by atoms with Crippen molar-refractivity contribution in [3.8, 4) is 22.6 Å². The van der Waals surface area contributed by atoms with Gasteiger partial charge in [-0.25, -0.2) is 0 Å². The second-order valence-electron chi connectivity index (χ2n) is 4.09. The lowest BCUT2D eigenvalue weighted by atomic mass is 10.0. The Kier molecular flexibility index (Phi) is 4.30. The van der Waals surface area contributed by atoms with Crippen LogP contribution in [0.3, 0.4) is 0 Å². The standard InChI is InChI=1S/C15H16ClNO2/c1-18-14-7-10(9-17)6-13(15(14)19-2)11-4-3-5-12(16)8-11/h3-8H,9,17H2,1-2H3. The van der Waals surface area contributed by atoms with Crippen LogP contribution in [0.25, 0.3) is 11.1 Å². The van der Waals surface area contributed by atoms with E-state index >= 15 is 0 Å². The molecule has 0 aliphatic carbocycles. The molecule has 0 saturated carbocycles. The molecule has 0 aromatic heterocycles. The normalized spacial score (nSPS) is 10.3. The van der Waals surface area contributed by atoms with Gasteiger partial charge in [0.05, 0.1) is 14.2 Å². The number of hydrogen-bond acceptors (Lipinski definition) is 3. The van der Waals surface area contributed by atoms with E-state index in [4.69, 9.17) is 26.8 Å². The zero-order chi connectivity index (χ0) is 13.8. The average molecular weight is 278 g/mol. The first kappa shape index (κ1) is 13.7. The molecule has 0 heterocycles.